The van der Waals surface area contributed by atoms with Crippen molar-refractivity contribution in [3.8, 4) is 0 Å². The Kier molecular flexibility index (Phi) is 3.10. The molecule has 56 valence electrons. The SMILES string of the molecule is C=C(F)/C(N)=N\C(=O)NC. The maximum absolute atomic E-state index is 12.0. The molecule has 0 heterocycles. The van der Waals surface area contributed by atoms with Gasteiger partial charge in [-0.15, -0.1) is 0 Å². The van der Waals surface area contributed by atoms with Gasteiger partial charge in [-0.1, -0.05) is 6.58 Å². The van der Waals surface area contributed by atoms with Crippen LogP contribution in [0.5, 0.6) is 0 Å². The fraction of sp³-hybridized carbons (Fsp3) is 0.200. The molecule has 0 bridgehead atoms. The first kappa shape index (κ1) is 8.61. The molecule has 0 saturated heterocycles. The minimum atomic E-state index is -0.913. The Hall–Kier alpha value is -1.39. The zero-order chi connectivity index (χ0) is 8.15. The van der Waals surface area contributed by atoms with Crippen molar-refractivity contribution in [2.24, 2.45) is 10.7 Å². The zero-order valence-corrected chi connectivity index (χ0v) is 5.52. The number of carbonyl (C=O) groups is 1. The molecule has 0 saturated carbocycles. The summed E-state index contributed by atoms with van der Waals surface area (Å²) in [5.41, 5.74) is 4.91. The largest absolute Gasteiger partial charge is 0.381 e. The number of carbonyl (C=O) groups excluding carboxylic acids is 1. The molecule has 0 unspecified atom stereocenters. The lowest BCUT2D eigenvalue weighted by Gasteiger charge is -1.93. The third-order valence-electron chi connectivity index (χ3n) is 0.714. The van der Waals surface area contributed by atoms with Crippen LogP contribution in [0.4, 0.5) is 9.18 Å². The molecule has 0 aromatic carbocycles. The molecular weight excluding hydrogens is 137 g/mol. The van der Waals surface area contributed by atoms with E-state index in [0.29, 0.717) is 0 Å². The van der Waals surface area contributed by atoms with Crippen LogP contribution in [0.3, 0.4) is 0 Å². The van der Waals surface area contributed by atoms with Crippen LogP contribution in [0, 0.1) is 0 Å². The van der Waals surface area contributed by atoms with E-state index in [9.17, 15) is 9.18 Å². The van der Waals surface area contributed by atoms with Gasteiger partial charge < -0.3 is 11.1 Å². The second-order valence-corrected chi connectivity index (χ2v) is 1.46. The van der Waals surface area contributed by atoms with Crippen molar-refractivity contribution in [1.29, 1.82) is 0 Å². The van der Waals surface area contributed by atoms with Gasteiger partial charge in [0, 0.05) is 7.05 Å². The highest BCUT2D eigenvalue weighted by Crippen LogP contribution is 1.89. The number of nitrogens with two attached hydrogens (primary N) is 1. The standard InChI is InChI=1S/C5H8FN3O/c1-3(6)4(7)9-5(10)8-2/h1H2,2H3,(H3,7,8,9,10). The smallest absolute Gasteiger partial charge is 0.342 e. The van der Waals surface area contributed by atoms with Crippen molar-refractivity contribution >= 4 is 11.9 Å². The number of amides is 2. The molecule has 0 aromatic rings. The normalized spacial score (nSPS) is 10.8. The molecule has 10 heavy (non-hydrogen) atoms. The van der Waals surface area contributed by atoms with E-state index in [2.05, 4.69) is 16.9 Å². The predicted octanol–water partition coefficient (Wildman–Crippen LogP) is 0.166. The van der Waals surface area contributed by atoms with Gasteiger partial charge >= 0.3 is 6.03 Å². The molecule has 5 heteroatoms. The summed E-state index contributed by atoms with van der Waals surface area (Å²) in [5.74, 6) is -1.41. The Morgan fingerprint density at radius 1 is 1.80 bits per heavy atom. The van der Waals surface area contributed by atoms with Crippen molar-refractivity contribution in [2.75, 3.05) is 7.05 Å². The van der Waals surface area contributed by atoms with Crippen LogP contribution < -0.4 is 11.1 Å². The van der Waals surface area contributed by atoms with Gasteiger partial charge in [0.1, 0.15) is 0 Å². The van der Waals surface area contributed by atoms with E-state index in [4.69, 9.17) is 5.73 Å². The van der Waals surface area contributed by atoms with Crippen LogP contribution >= 0.6 is 0 Å². The van der Waals surface area contributed by atoms with Crippen LogP contribution in [0.15, 0.2) is 17.4 Å². The molecular formula is C5H8FN3O. The highest BCUT2D eigenvalue weighted by atomic mass is 19.1. The fourth-order valence-corrected chi connectivity index (χ4v) is 0.226. The number of nitrogens with zero attached hydrogens (tertiary/aromatic N) is 1. The summed E-state index contributed by atoms with van der Waals surface area (Å²) in [6.07, 6.45) is 0. The number of halogens is 1. The highest BCUT2D eigenvalue weighted by Gasteiger charge is 1.99. The molecule has 0 aliphatic rings. The van der Waals surface area contributed by atoms with Crippen LogP contribution in [-0.2, 0) is 0 Å². The predicted molar refractivity (Wildman–Crippen MR) is 36.3 cm³/mol. The van der Waals surface area contributed by atoms with Crippen molar-refractivity contribution in [3.63, 3.8) is 0 Å². The topological polar surface area (TPSA) is 67.5 Å². The van der Waals surface area contributed by atoms with Gasteiger partial charge in [-0.3, -0.25) is 0 Å². The number of amidine groups is 1. The number of aliphatic imine (C=N–C) groups is 1. The zero-order valence-electron chi connectivity index (χ0n) is 5.52. The lowest BCUT2D eigenvalue weighted by atomic mass is 10.5. The second-order valence-electron chi connectivity index (χ2n) is 1.46. The van der Waals surface area contributed by atoms with Crippen LogP contribution in [0.2, 0.25) is 0 Å². The molecule has 0 radical (unpaired) electrons. The average Bonchev–Trinajstić information content (AvgIpc) is 1.87. The Morgan fingerprint density at radius 3 is 2.60 bits per heavy atom. The van der Waals surface area contributed by atoms with Crippen LogP contribution in [-0.4, -0.2) is 18.9 Å². The molecule has 3 N–H and O–H groups in total. The van der Waals surface area contributed by atoms with Crippen molar-refractivity contribution in [1.82, 2.24) is 5.32 Å². The number of hydrogen-bond donors (Lipinski definition) is 2. The number of hydrogen-bond acceptors (Lipinski definition) is 1. The molecule has 0 spiro atoms. The molecule has 4 nitrogen and oxygen atoms in total. The maximum atomic E-state index is 12.0. The summed E-state index contributed by atoms with van der Waals surface area (Å²) in [7, 11) is 1.36. The Labute approximate surface area is 57.6 Å². The Bertz CT molecular complexity index is 187. The minimum absolute atomic E-state index is 0.501. The Morgan fingerprint density at radius 2 is 2.30 bits per heavy atom. The molecule has 0 fully saturated rings. The summed E-state index contributed by atoms with van der Waals surface area (Å²) in [4.78, 5) is 13.4. The van der Waals surface area contributed by atoms with Gasteiger partial charge in [0.25, 0.3) is 0 Å². The first-order valence-electron chi connectivity index (χ1n) is 2.48. The van der Waals surface area contributed by atoms with E-state index >= 15 is 0 Å². The van der Waals surface area contributed by atoms with Gasteiger partial charge in [-0.2, -0.15) is 4.99 Å². The van der Waals surface area contributed by atoms with Crippen LogP contribution in [0.1, 0.15) is 0 Å². The summed E-state index contributed by atoms with van der Waals surface area (Å²) in [6.45, 7) is 2.84. The van der Waals surface area contributed by atoms with Gasteiger partial charge in [0.05, 0.1) is 0 Å². The minimum Gasteiger partial charge on any atom is -0.381 e. The van der Waals surface area contributed by atoms with E-state index < -0.39 is 17.7 Å². The van der Waals surface area contributed by atoms with E-state index in [1.807, 2.05) is 0 Å². The van der Waals surface area contributed by atoms with Crippen molar-refractivity contribution < 1.29 is 9.18 Å². The first-order valence-corrected chi connectivity index (χ1v) is 2.48. The molecule has 2 amide bonds. The molecule has 0 aliphatic carbocycles. The van der Waals surface area contributed by atoms with Gasteiger partial charge in [0.15, 0.2) is 11.7 Å². The van der Waals surface area contributed by atoms with Crippen molar-refractivity contribution in [3.05, 3.63) is 12.4 Å². The molecule has 0 rings (SSSR count). The number of rotatable bonds is 1. The maximum Gasteiger partial charge on any atom is 0.342 e. The lowest BCUT2D eigenvalue weighted by Crippen LogP contribution is -2.20. The van der Waals surface area contributed by atoms with Gasteiger partial charge in [-0.05, 0) is 0 Å². The average molecular weight is 145 g/mol. The van der Waals surface area contributed by atoms with Gasteiger partial charge in [0.2, 0.25) is 0 Å². The monoisotopic (exact) mass is 145 g/mol. The first-order chi connectivity index (χ1) is 4.57. The Balaban J connectivity index is 4.16. The van der Waals surface area contributed by atoms with E-state index in [1.54, 1.807) is 0 Å². The van der Waals surface area contributed by atoms with Crippen molar-refractivity contribution in [2.45, 2.75) is 0 Å². The summed E-state index contributed by atoms with van der Waals surface area (Å²) in [5, 5.41) is 2.14. The lowest BCUT2D eigenvalue weighted by molar-refractivity contribution is 0.251. The quantitative estimate of drug-likeness (QED) is 0.408. The molecule has 0 atom stereocenters. The second kappa shape index (κ2) is 3.60. The summed E-state index contributed by atoms with van der Waals surface area (Å²) in [6, 6.07) is -0.698. The molecule has 0 aromatic heterocycles. The third-order valence-corrected chi connectivity index (χ3v) is 0.714. The number of urea groups is 1. The highest BCUT2D eigenvalue weighted by molar-refractivity contribution is 6.01. The van der Waals surface area contributed by atoms with E-state index in [0.717, 1.165) is 0 Å². The third kappa shape index (κ3) is 2.81. The fourth-order valence-electron chi connectivity index (χ4n) is 0.226. The van der Waals surface area contributed by atoms with Crippen LogP contribution in [0.25, 0.3) is 0 Å². The number of nitrogens with one attached hydrogen (secondary N) is 1. The van der Waals surface area contributed by atoms with E-state index in [-0.39, 0.29) is 0 Å². The summed E-state index contributed by atoms with van der Waals surface area (Å²) >= 11 is 0. The molecule has 0 aliphatic heterocycles. The van der Waals surface area contributed by atoms with E-state index in [1.165, 1.54) is 7.05 Å². The summed E-state index contributed by atoms with van der Waals surface area (Å²) < 4.78 is 12.0. The van der Waals surface area contributed by atoms with Gasteiger partial charge in [-0.25, -0.2) is 9.18 Å².